The highest BCUT2D eigenvalue weighted by Gasteiger charge is 2.13. The van der Waals surface area contributed by atoms with Crippen molar-refractivity contribution in [2.24, 2.45) is 0 Å². The Labute approximate surface area is 130 Å². The smallest absolute Gasteiger partial charge is 0.166 e. The SMILES string of the molecule is CCCC(=O)c1cnn2ccc(OCCN3CCCC3)cc12. The Morgan fingerprint density at radius 2 is 2.18 bits per heavy atom. The molecule has 0 radical (unpaired) electrons. The van der Waals surface area contributed by atoms with Crippen LogP contribution in [0.5, 0.6) is 5.75 Å². The van der Waals surface area contributed by atoms with Gasteiger partial charge in [-0.15, -0.1) is 0 Å². The normalized spacial score (nSPS) is 15.5. The number of likely N-dealkylation sites (tertiary alicyclic amines) is 1. The van der Waals surface area contributed by atoms with Gasteiger partial charge in [0.15, 0.2) is 5.78 Å². The molecule has 0 amide bonds. The molecule has 3 rings (SSSR count). The number of carbonyl (C=O) groups excluding carboxylic acids is 1. The van der Waals surface area contributed by atoms with Crippen LogP contribution in [0.4, 0.5) is 0 Å². The van der Waals surface area contributed by atoms with Crippen molar-refractivity contribution in [3.05, 3.63) is 30.1 Å². The maximum atomic E-state index is 12.1. The lowest BCUT2D eigenvalue weighted by Crippen LogP contribution is -2.25. The zero-order chi connectivity index (χ0) is 15.4. The lowest BCUT2D eigenvalue weighted by atomic mass is 10.1. The summed E-state index contributed by atoms with van der Waals surface area (Å²) in [6.07, 6.45) is 7.50. The maximum Gasteiger partial charge on any atom is 0.166 e. The summed E-state index contributed by atoms with van der Waals surface area (Å²) in [5.41, 5.74) is 1.52. The van der Waals surface area contributed by atoms with E-state index in [2.05, 4.69) is 10.00 Å². The van der Waals surface area contributed by atoms with E-state index in [0.29, 0.717) is 18.6 Å². The zero-order valence-electron chi connectivity index (χ0n) is 13.1. The number of hydrogen-bond donors (Lipinski definition) is 0. The van der Waals surface area contributed by atoms with Crippen molar-refractivity contribution >= 4 is 11.3 Å². The summed E-state index contributed by atoms with van der Waals surface area (Å²) in [5, 5.41) is 4.24. The lowest BCUT2D eigenvalue weighted by Gasteiger charge is -2.15. The quantitative estimate of drug-likeness (QED) is 0.738. The predicted octanol–water partition coefficient (Wildman–Crippen LogP) is 2.79. The van der Waals surface area contributed by atoms with Crippen LogP contribution >= 0.6 is 0 Å². The average Bonchev–Trinajstić information content (AvgIpc) is 3.16. The Kier molecular flexibility index (Phi) is 4.73. The van der Waals surface area contributed by atoms with E-state index in [0.717, 1.165) is 24.2 Å². The molecule has 0 unspecified atom stereocenters. The minimum atomic E-state index is 0.145. The summed E-state index contributed by atoms with van der Waals surface area (Å²) in [6.45, 7) is 6.02. The molecule has 5 heteroatoms. The van der Waals surface area contributed by atoms with E-state index in [-0.39, 0.29) is 5.78 Å². The van der Waals surface area contributed by atoms with E-state index in [1.54, 1.807) is 10.7 Å². The highest BCUT2D eigenvalue weighted by atomic mass is 16.5. The van der Waals surface area contributed by atoms with Crippen LogP contribution in [0.15, 0.2) is 24.5 Å². The minimum absolute atomic E-state index is 0.145. The van der Waals surface area contributed by atoms with Gasteiger partial charge in [0.05, 0.1) is 17.3 Å². The van der Waals surface area contributed by atoms with Crippen LogP contribution in [0.2, 0.25) is 0 Å². The van der Waals surface area contributed by atoms with Crippen LogP contribution in [0, 0.1) is 0 Å². The molecule has 0 atom stereocenters. The molecule has 0 aromatic carbocycles. The van der Waals surface area contributed by atoms with Gasteiger partial charge in [-0.25, -0.2) is 4.52 Å². The van der Waals surface area contributed by atoms with E-state index in [9.17, 15) is 4.79 Å². The van der Waals surface area contributed by atoms with Gasteiger partial charge in [-0.1, -0.05) is 6.92 Å². The van der Waals surface area contributed by atoms with Crippen molar-refractivity contribution in [3.63, 3.8) is 0 Å². The van der Waals surface area contributed by atoms with Crippen LogP contribution in [0.1, 0.15) is 43.0 Å². The Balaban J connectivity index is 1.68. The van der Waals surface area contributed by atoms with Gasteiger partial charge >= 0.3 is 0 Å². The molecule has 0 spiro atoms. The van der Waals surface area contributed by atoms with E-state index in [1.165, 1.54) is 25.9 Å². The van der Waals surface area contributed by atoms with E-state index in [1.807, 2.05) is 25.3 Å². The first-order valence-corrected chi connectivity index (χ1v) is 8.13. The molecule has 1 saturated heterocycles. The van der Waals surface area contributed by atoms with Gasteiger partial charge in [-0.05, 0) is 38.4 Å². The summed E-state index contributed by atoms with van der Waals surface area (Å²) < 4.78 is 7.58. The maximum absolute atomic E-state index is 12.1. The van der Waals surface area contributed by atoms with Crippen molar-refractivity contribution in [1.29, 1.82) is 0 Å². The van der Waals surface area contributed by atoms with Crippen LogP contribution in [0.25, 0.3) is 5.52 Å². The van der Waals surface area contributed by atoms with Crippen LogP contribution < -0.4 is 4.74 Å². The summed E-state index contributed by atoms with van der Waals surface area (Å²) in [6, 6.07) is 3.82. The van der Waals surface area contributed by atoms with Crippen molar-refractivity contribution < 1.29 is 9.53 Å². The number of Topliss-reactive ketones (excluding diaryl/α,β-unsaturated/α-hetero) is 1. The summed E-state index contributed by atoms with van der Waals surface area (Å²) in [5.74, 6) is 0.949. The predicted molar refractivity (Wildman–Crippen MR) is 85.6 cm³/mol. The topological polar surface area (TPSA) is 46.8 Å². The van der Waals surface area contributed by atoms with Gasteiger partial charge in [-0.2, -0.15) is 5.10 Å². The Bertz CT molecular complexity index is 644. The molecule has 0 aliphatic carbocycles. The Morgan fingerprint density at radius 1 is 1.36 bits per heavy atom. The molecule has 2 aromatic heterocycles. The van der Waals surface area contributed by atoms with Crippen molar-refractivity contribution in [2.45, 2.75) is 32.6 Å². The fraction of sp³-hybridized carbons (Fsp3) is 0.529. The molecule has 0 N–H and O–H groups in total. The first-order chi connectivity index (χ1) is 10.8. The number of hydrogen-bond acceptors (Lipinski definition) is 4. The average molecular weight is 301 g/mol. The summed E-state index contributed by atoms with van der Waals surface area (Å²) >= 11 is 0. The molecule has 1 fully saturated rings. The van der Waals surface area contributed by atoms with Gasteiger partial charge < -0.3 is 4.74 Å². The minimum Gasteiger partial charge on any atom is -0.492 e. The number of ketones is 1. The zero-order valence-corrected chi connectivity index (χ0v) is 13.1. The molecule has 3 heterocycles. The third-order valence-corrected chi connectivity index (χ3v) is 4.15. The standard InChI is InChI=1S/C17H23N3O2/c1-2-5-17(21)15-13-18-20-9-6-14(12-16(15)20)22-11-10-19-7-3-4-8-19/h6,9,12-13H,2-5,7-8,10-11H2,1H3. The highest BCUT2D eigenvalue weighted by Crippen LogP contribution is 2.19. The number of nitrogens with zero attached hydrogens (tertiary/aromatic N) is 3. The van der Waals surface area contributed by atoms with Gasteiger partial charge in [0.1, 0.15) is 12.4 Å². The highest BCUT2D eigenvalue weighted by molar-refractivity contribution is 6.02. The molecule has 118 valence electrons. The molecule has 0 bridgehead atoms. The molecule has 5 nitrogen and oxygen atoms in total. The second-order valence-corrected chi connectivity index (χ2v) is 5.82. The number of fused-ring (bicyclic) bond motifs is 1. The molecular formula is C17H23N3O2. The van der Waals surface area contributed by atoms with Gasteiger partial charge in [0.2, 0.25) is 0 Å². The van der Waals surface area contributed by atoms with Crippen LogP contribution in [-0.4, -0.2) is 46.5 Å². The number of rotatable bonds is 7. The Hall–Kier alpha value is -1.88. The first kappa shape index (κ1) is 15.0. The first-order valence-electron chi connectivity index (χ1n) is 8.13. The molecule has 22 heavy (non-hydrogen) atoms. The van der Waals surface area contributed by atoms with E-state index in [4.69, 9.17) is 4.74 Å². The van der Waals surface area contributed by atoms with E-state index < -0.39 is 0 Å². The third-order valence-electron chi connectivity index (χ3n) is 4.15. The van der Waals surface area contributed by atoms with Crippen LogP contribution in [-0.2, 0) is 0 Å². The fourth-order valence-corrected chi connectivity index (χ4v) is 2.93. The largest absolute Gasteiger partial charge is 0.492 e. The molecule has 1 aliphatic heterocycles. The van der Waals surface area contributed by atoms with Crippen molar-refractivity contribution in [3.8, 4) is 5.75 Å². The summed E-state index contributed by atoms with van der Waals surface area (Å²) in [7, 11) is 0. The van der Waals surface area contributed by atoms with Crippen molar-refractivity contribution in [1.82, 2.24) is 14.5 Å². The summed E-state index contributed by atoms with van der Waals surface area (Å²) in [4.78, 5) is 14.5. The van der Waals surface area contributed by atoms with Gasteiger partial charge in [0.25, 0.3) is 0 Å². The monoisotopic (exact) mass is 301 g/mol. The van der Waals surface area contributed by atoms with Crippen LogP contribution in [0.3, 0.4) is 0 Å². The van der Waals surface area contributed by atoms with Crippen molar-refractivity contribution in [2.75, 3.05) is 26.2 Å². The molecular weight excluding hydrogens is 278 g/mol. The van der Waals surface area contributed by atoms with Gasteiger partial charge in [0, 0.05) is 25.2 Å². The second kappa shape index (κ2) is 6.92. The number of ether oxygens (including phenoxy) is 1. The number of aromatic nitrogens is 2. The number of carbonyl (C=O) groups is 1. The fourth-order valence-electron chi connectivity index (χ4n) is 2.93. The number of pyridine rings is 1. The second-order valence-electron chi connectivity index (χ2n) is 5.82. The molecule has 0 saturated carbocycles. The molecule has 1 aliphatic rings. The van der Waals surface area contributed by atoms with E-state index >= 15 is 0 Å². The lowest BCUT2D eigenvalue weighted by molar-refractivity contribution is 0.0983. The Morgan fingerprint density at radius 3 is 2.95 bits per heavy atom. The molecule has 2 aromatic rings. The van der Waals surface area contributed by atoms with Gasteiger partial charge in [-0.3, -0.25) is 9.69 Å². The third kappa shape index (κ3) is 3.30.